The Hall–Kier alpha value is -3.66. The molecule has 33 heavy (non-hydrogen) atoms. The Morgan fingerprint density at radius 2 is 2.00 bits per heavy atom. The van der Waals surface area contributed by atoms with Gasteiger partial charge in [0.1, 0.15) is 5.75 Å². The molecule has 0 radical (unpaired) electrons. The molecule has 0 saturated heterocycles. The average molecular weight is 463 g/mol. The fourth-order valence-electron chi connectivity index (χ4n) is 3.73. The monoisotopic (exact) mass is 462 g/mol. The number of aryl methyl sites for hydroxylation is 2. The van der Waals surface area contributed by atoms with E-state index in [0.717, 1.165) is 11.1 Å². The highest BCUT2D eigenvalue weighted by Gasteiger charge is 2.23. The first kappa shape index (κ1) is 21.2. The molecule has 1 unspecified atom stereocenters. The fourth-order valence-corrected chi connectivity index (χ4v) is 4.62. The molecule has 9 nitrogen and oxygen atoms in total. The lowest BCUT2D eigenvalue weighted by Crippen LogP contribution is -2.22. The predicted octanol–water partition coefficient (Wildman–Crippen LogP) is 4.15. The van der Waals surface area contributed by atoms with Crippen molar-refractivity contribution in [2.45, 2.75) is 37.6 Å². The van der Waals surface area contributed by atoms with E-state index >= 15 is 0 Å². The maximum atomic E-state index is 13.6. The van der Waals surface area contributed by atoms with Gasteiger partial charge < -0.3 is 9.26 Å². The molecule has 3 heterocycles. The second-order valence-corrected chi connectivity index (χ2v) is 8.92. The molecule has 0 aliphatic rings. The Balaban J connectivity index is 1.75. The number of fused-ring (bicyclic) bond motifs is 3. The third-order valence-corrected chi connectivity index (χ3v) is 6.43. The van der Waals surface area contributed by atoms with Crippen molar-refractivity contribution in [3.05, 3.63) is 70.1 Å². The lowest BCUT2D eigenvalue weighted by atomic mass is 10.2. The Morgan fingerprint density at radius 1 is 1.18 bits per heavy atom. The van der Waals surface area contributed by atoms with Crippen LogP contribution in [0.15, 0.2) is 56.9 Å². The molecule has 0 aliphatic carbocycles. The van der Waals surface area contributed by atoms with E-state index in [1.165, 1.54) is 11.8 Å². The van der Waals surface area contributed by atoms with E-state index in [0.29, 0.717) is 45.9 Å². The molecule has 2 aromatic carbocycles. The standard InChI is InChI=1S/C23H22N6O3S/c1-5-19-24-20(32-27-19)14(3)33-23-26-25-22-28(17-12-13(2)10-11-18(17)31-4)21(30)15-8-6-7-9-16(15)29(22)23/h6-12,14H,5H2,1-4H3. The van der Waals surface area contributed by atoms with Crippen LogP contribution < -0.4 is 10.3 Å². The van der Waals surface area contributed by atoms with Crippen LogP contribution in [0.5, 0.6) is 5.75 Å². The number of methoxy groups -OCH3 is 1. The third kappa shape index (κ3) is 3.56. The van der Waals surface area contributed by atoms with Crippen LogP contribution in [0.3, 0.4) is 0 Å². The van der Waals surface area contributed by atoms with Gasteiger partial charge in [-0.3, -0.25) is 9.20 Å². The smallest absolute Gasteiger partial charge is 0.267 e. The van der Waals surface area contributed by atoms with E-state index in [-0.39, 0.29) is 10.8 Å². The highest BCUT2D eigenvalue weighted by atomic mass is 32.2. The quantitative estimate of drug-likeness (QED) is 0.347. The Labute approximate surface area is 193 Å². The molecule has 0 aliphatic heterocycles. The van der Waals surface area contributed by atoms with E-state index in [1.807, 2.05) is 61.6 Å². The summed E-state index contributed by atoms with van der Waals surface area (Å²) in [7, 11) is 1.58. The second kappa shape index (κ2) is 8.36. The summed E-state index contributed by atoms with van der Waals surface area (Å²) < 4.78 is 14.4. The van der Waals surface area contributed by atoms with Crippen LogP contribution in [-0.2, 0) is 6.42 Å². The summed E-state index contributed by atoms with van der Waals surface area (Å²) in [5.74, 6) is 2.15. The van der Waals surface area contributed by atoms with Crippen LogP contribution in [0.1, 0.15) is 36.4 Å². The largest absolute Gasteiger partial charge is 0.495 e. The number of para-hydroxylation sites is 1. The van der Waals surface area contributed by atoms with Gasteiger partial charge in [-0.05, 0) is 43.7 Å². The SMILES string of the molecule is CCc1noc(C(C)Sc2nnc3n(-c4cc(C)ccc4OC)c(=O)c4ccccc4n23)n1. The van der Waals surface area contributed by atoms with E-state index in [2.05, 4.69) is 20.3 Å². The van der Waals surface area contributed by atoms with Gasteiger partial charge in [0.25, 0.3) is 5.56 Å². The lowest BCUT2D eigenvalue weighted by Gasteiger charge is -2.15. The molecular formula is C23H22N6O3S. The maximum absolute atomic E-state index is 13.6. The topological polar surface area (TPSA) is 100 Å². The number of thioether (sulfide) groups is 1. The van der Waals surface area contributed by atoms with Crippen molar-refractivity contribution >= 4 is 28.4 Å². The Kier molecular flexibility index (Phi) is 5.37. The van der Waals surface area contributed by atoms with Crippen LogP contribution in [-0.4, -0.2) is 36.4 Å². The van der Waals surface area contributed by atoms with Gasteiger partial charge in [0, 0.05) is 6.42 Å². The normalized spacial score (nSPS) is 12.5. The van der Waals surface area contributed by atoms with E-state index in [9.17, 15) is 4.79 Å². The first-order valence-corrected chi connectivity index (χ1v) is 11.4. The fraction of sp³-hybridized carbons (Fsp3) is 0.261. The van der Waals surface area contributed by atoms with Gasteiger partial charge >= 0.3 is 0 Å². The summed E-state index contributed by atoms with van der Waals surface area (Å²) in [6, 6.07) is 13.1. The molecule has 1 atom stereocenters. The van der Waals surface area contributed by atoms with Crippen molar-refractivity contribution in [1.29, 1.82) is 0 Å². The zero-order valence-corrected chi connectivity index (χ0v) is 19.5. The van der Waals surface area contributed by atoms with Gasteiger partial charge in [0.05, 0.1) is 29.0 Å². The van der Waals surface area contributed by atoms with E-state index in [4.69, 9.17) is 9.26 Å². The highest BCUT2D eigenvalue weighted by Crippen LogP contribution is 2.35. The van der Waals surface area contributed by atoms with Gasteiger partial charge in [-0.2, -0.15) is 4.98 Å². The van der Waals surface area contributed by atoms with Crippen molar-refractivity contribution in [2.24, 2.45) is 0 Å². The summed E-state index contributed by atoms with van der Waals surface area (Å²) in [6.45, 7) is 5.91. The molecule has 0 saturated carbocycles. The highest BCUT2D eigenvalue weighted by molar-refractivity contribution is 7.99. The lowest BCUT2D eigenvalue weighted by molar-refractivity contribution is 0.375. The van der Waals surface area contributed by atoms with Gasteiger partial charge in [-0.1, -0.05) is 42.0 Å². The molecule has 0 fully saturated rings. The van der Waals surface area contributed by atoms with Crippen molar-refractivity contribution in [3.63, 3.8) is 0 Å². The minimum absolute atomic E-state index is 0.155. The van der Waals surface area contributed by atoms with E-state index < -0.39 is 0 Å². The molecule has 5 aromatic rings. The second-order valence-electron chi connectivity index (χ2n) is 7.61. The van der Waals surface area contributed by atoms with Gasteiger partial charge in [0.15, 0.2) is 11.0 Å². The number of hydrogen-bond donors (Lipinski definition) is 0. The first-order valence-electron chi connectivity index (χ1n) is 10.5. The average Bonchev–Trinajstić information content (AvgIpc) is 3.47. The van der Waals surface area contributed by atoms with Crippen LogP contribution in [0.25, 0.3) is 22.4 Å². The van der Waals surface area contributed by atoms with Crippen molar-refractivity contribution in [1.82, 2.24) is 29.3 Å². The zero-order valence-electron chi connectivity index (χ0n) is 18.6. The molecule has 0 N–H and O–H groups in total. The number of benzene rings is 2. The Bertz CT molecular complexity index is 1540. The molecule has 5 rings (SSSR count). The molecule has 0 amide bonds. The summed E-state index contributed by atoms with van der Waals surface area (Å²) >= 11 is 1.44. The minimum atomic E-state index is -0.191. The molecule has 0 spiro atoms. The zero-order chi connectivity index (χ0) is 23.1. The van der Waals surface area contributed by atoms with E-state index in [1.54, 1.807) is 17.7 Å². The van der Waals surface area contributed by atoms with Crippen LogP contribution in [0.2, 0.25) is 0 Å². The summed E-state index contributed by atoms with van der Waals surface area (Å²) in [4.78, 5) is 18.0. The molecular weight excluding hydrogens is 440 g/mol. The van der Waals surface area contributed by atoms with Gasteiger partial charge in [-0.25, -0.2) is 4.57 Å². The number of rotatable bonds is 6. The Morgan fingerprint density at radius 3 is 2.76 bits per heavy atom. The predicted molar refractivity (Wildman–Crippen MR) is 125 cm³/mol. The maximum Gasteiger partial charge on any atom is 0.267 e. The van der Waals surface area contributed by atoms with Crippen LogP contribution >= 0.6 is 11.8 Å². The number of ether oxygens (including phenoxy) is 1. The molecule has 10 heteroatoms. The van der Waals surface area contributed by atoms with Crippen molar-refractivity contribution < 1.29 is 9.26 Å². The van der Waals surface area contributed by atoms with Crippen molar-refractivity contribution in [3.8, 4) is 11.4 Å². The molecule has 168 valence electrons. The summed E-state index contributed by atoms with van der Waals surface area (Å²) in [5.41, 5.74) is 2.14. The minimum Gasteiger partial charge on any atom is -0.495 e. The number of nitrogens with zero attached hydrogens (tertiary/aromatic N) is 6. The summed E-state index contributed by atoms with van der Waals surface area (Å²) in [5, 5.41) is 13.8. The molecule has 3 aromatic heterocycles. The number of aromatic nitrogens is 6. The van der Waals surface area contributed by atoms with Crippen molar-refractivity contribution in [2.75, 3.05) is 7.11 Å². The van der Waals surface area contributed by atoms with Gasteiger partial charge in [-0.15, -0.1) is 10.2 Å². The first-order chi connectivity index (χ1) is 16.0. The van der Waals surface area contributed by atoms with Gasteiger partial charge in [0.2, 0.25) is 11.7 Å². The van der Waals surface area contributed by atoms with Crippen LogP contribution in [0, 0.1) is 6.92 Å². The number of hydrogen-bond acceptors (Lipinski definition) is 8. The summed E-state index contributed by atoms with van der Waals surface area (Å²) in [6.07, 6.45) is 0.698. The third-order valence-electron chi connectivity index (χ3n) is 5.40. The van der Waals surface area contributed by atoms with Crippen LogP contribution in [0.4, 0.5) is 0 Å². The molecule has 0 bridgehead atoms.